The fourth-order valence-electron chi connectivity index (χ4n) is 4.36. The van der Waals surface area contributed by atoms with Gasteiger partial charge >= 0.3 is 0 Å². The molecule has 5 nitrogen and oxygen atoms in total. The third kappa shape index (κ3) is 6.72. The Morgan fingerprint density at radius 1 is 0.914 bits per heavy atom. The first-order chi connectivity index (χ1) is 17.1. The Labute approximate surface area is 208 Å². The van der Waals surface area contributed by atoms with Gasteiger partial charge < -0.3 is 14.6 Å². The molecule has 1 heterocycles. The van der Waals surface area contributed by atoms with Gasteiger partial charge in [-0.1, -0.05) is 54.4 Å². The lowest BCUT2D eigenvalue weighted by atomic mass is 10.1. The molecule has 0 fully saturated rings. The highest BCUT2D eigenvalue weighted by Crippen LogP contribution is 2.20. The topological polar surface area (TPSA) is 56.2 Å². The molecule has 0 bridgehead atoms. The second kappa shape index (κ2) is 12.2. The Balaban J connectivity index is 1.25. The van der Waals surface area contributed by atoms with Crippen LogP contribution in [0.25, 0.3) is 11.0 Å². The molecule has 1 aromatic heterocycles. The van der Waals surface area contributed by atoms with Crippen molar-refractivity contribution in [2.24, 2.45) is 0 Å². The lowest BCUT2D eigenvalue weighted by Crippen LogP contribution is -2.24. The third-order valence-corrected chi connectivity index (χ3v) is 6.25. The van der Waals surface area contributed by atoms with Crippen molar-refractivity contribution in [1.82, 2.24) is 14.9 Å². The van der Waals surface area contributed by atoms with Crippen LogP contribution in [0.4, 0.5) is 0 Å². The van der Waals surface area contributed by atoms with Gasteiger partial charge in [-0.05, 0) is 69.0 Å². The second-order valence-electron chi connectivity index (χ2n) is 9.07. The van der Waals surface area contributed by atoms with Gasteiger partial charge in [-0.15, -0.1) is 0 Å². The first-order valence-electron chi connectivity index (χ1n) is 12.6. The summed E-state index contributed by atoms with van der Waals surface area (Å²) < 4.78 is 8.35. The van der Waals surface area contributed by atoms with Gasteiger partial charge in [0.2, 0.25) is 0 Å². The van der Waals surface area contributed by atoms with Crippen molar-refractivity contribution in [2.75, 3.05) is 13.2 Å². The molecule has 4 aromatic rings. The highest BCUT2D eigenvalue weighted by molar-refractivity contribution is 5.94. The normalized spacial score (nSPS) is 11.0. The van der Waals surface area contributed by atoms with Crippen molar-refractivity contribution in [3.8, 4) is 5.75 Å². The minimum atomic E-state index is 0.00316. The summed E-state index contributed by atoms with van der Waals surface area (Å²) in [5.74, 6) is 2.09. The molecule has 5 heteroatoms. The smallest absolute Gasteiger partial charge is 0.251 e. The van der Waals surface area contributed by atoms with E-state index in [1.165, 1.54) is 5.52 Å². The van der Waals surface area contributed by atoms with Crippen LogP contribution in [0.5, 0.6) is 5.75 Å². The number of aryl methyl sites for hydroxylation is 4. The molecule has 1 amide bonds. The second-order valence-corrected chi connectivity index (χ2v) is 9.07. The molecule has 0 radical (unpaired) electrons. The average Bonchev–Trinajstić information content (AvgIpc) is 3.22. The average molecular weight is 470 g/mol. The number of nitrogens with zero attached hydrogens (tertiary/aromatic N) is 2. The molecule has 0 saturated heterocycles. The molecule has 0 saturated carbocycles. The van der Waals surface area contributed by atoms with Crippen LogP contribution in [0, 0.1) is 13.8 Å². The SMILES string of the molecule is Cc1cccc(C(=O)NCCCCCc2nc3ccccc3n2CCCOc2ccccc2C)c1. The number of amides is 1. The molecule has 35 heavy (non-hydrogen) atoms. The lowest BCUT2D eigenvalue weighted by molar-refractivity contribution is 0.0953. The van der Waals surface area contributed by atoms with Crippen molar-refractivity contribution < 1.29 is 9.53 Å². The molecule has 0 aliphatic rings. The van der Waals surface area contributed by atoms with Crippen LogP contribution in [-0.4, -0.2) is 28.6 Å². The Hall–Kier alpha value is -3.60. The van der Waals surface area contributed by atoms with E-state index in [-0.39, 0.29) is 5.91 Å². The summed E-state index contributed by atoms with van der Waals surface area (Å²) >= 11 is 0. The summed E-state index contributed by atoms with van der Waals surface area (Å²) in [6.45, 7) is 6.33. The largest absolute Gasteiger partial charge is 0.493 e. The molecule has 3 aromatic carbocycles. The van der Waals surface area contributed by atoms with Crippen LogP contribution in [0.1, 0.15) is 53.0 Å². The molecule has 0 spiro atoms. The maximum absolute atomic E-state index is 12.3. The van der Waals surface area contributed by atoms with Crippen molar-refractivity contribution in [2.45, 2.75) is 52.5 Å². The van der Waals surface area contributed by atoms with E-state index in [0.29, 0.717) is 13.2 Å². The van der Waals surface area contributed by atoms with Crippen molar-refractivity contribution >= 4 is 16.9 Å². The van der Waals surface area contributed by atoms with Crippen molar-refractivity contribution in [3.05, 3.63) is 95.3 Å². The molecule has 182 valence electrons. The minimum absolute atomic E-state index is 0.00316. The maximum atomic E-state index is 12.3. The monoisotopic (exact) mass is 469 g/mol. The van der Waals surface area contributed by atoms with Gasteiger partial charge in [0.05, 0.1) is 17.6 Å². The fraction of sp³-hybridized carbons (Fsp3) is 0.333. The molecule has 0 aliphatic carbocycles. The fourth-order valence-corrected chi connectivity index (χ4v) is 4.36. The van der Waals surface area contributed by atoms with E-state index in [4.69, 9.17) is 9.72 Å². The van der Waals surface area contributed by atoms with Crippen LogP contribution in [0.3, 0.4) is 0 Å². The summed E-state index contributed by atoms with van der Waals surface area (Å²) in [4.78, 5) is 17.2. The van der Waals surface area contributed by atoms with E-state index in [1.807, 2.05) is 55.5 Å². The van der Waals surface area contributed by atoms with Gasteiger partial charge in [-0.3, -0.25) is 4.79 Å². The Kier molecular flexibility index (Phi) is 8.55. The number of carbonyl (C=O) groups is 1. The van der Waals surface area contributed by atoms with Gasteiger partial charge in [-0.25, -0.2) is 4.98 Å². The lowest BCUT2D eigenvalue weighted by Gasteiger charge is -2.12. The van der Waals surface area contributed by atoms with Gasteiger partial charge in [-0.2, -0.15) is 0 Å². The van der Waals surface area contributed by atoms with Crippen LogP contribution >= 0.6 is 0 Å². The van der Waals surface area contributed by atoms with Crippen LogP contribution < -0.4 is 10.1 Å². The first-order valence-corrected chi connectivity index (χ1v) is 12.6. The highest BCUT2D eigenvalue weighted by atomic mass is 16.5. The van der Waals surface area contributed by atoms with E-state index in [0.717, 1.165) is 72.4 Å². The summed E-state index contributed by atoms with van der Waals surface area (Å²) in [7, 11) is 0. The van der Waals surface area contributed by atoms with Gasteiger partial charge in [0.1, 0.15) is 11.6 Å². The predicted octanol–water partition coefficient (Wildman–Crippen LogP) is 6.27. The number of rotatable bonds is 12. The number of aromatic nitrogens is 2. The van der Waals surface area contributed by atoms with Gasteiger partial charge in [0.25, 0.3) is 5.91 Å². The highest BCUT2D eigenvalue weighted by Gasteiger charge is 2.11. The number of hydrogen-bond acceptors (Lipinski definition) is 3. The van der Waals surface area contributed by atoms with Crippen molar-refractivity contribution in [3.63, 3.8) is 0 Å². The third-order valence-electron chi connectivity index (χ3n) is 6.25. The molecule has 0 atom stereocenters. The van der Waals surface area contributed by atoms with E-state index in [1.54, 1.807) is 0 Å². The summed E-state index contributed by atoms with van der Waals surface area (Å²) in [5.41, 5.74) is 5.22. The van der Waals surface area contributed by atoms with E-state index < -0.39 is 0 Å². The standard InChI is InChI=1S/C30H35N3O2/c1-23-12-10-14-25(22-23)30(34)31-19-9-3-4-18-29-32-26-15-6-7-16-27(26)33(29)20-11-21-35-28-17-8-5-13-24(28)2/h5-8,10,12-17,22H,3-4,9,11,18-21H2,1-2H3,(H,31,34). The Morgan fingerprint density at radius 3 is 2.60 bits per heavy atom. The number of ether oxygens (including phenoxy) is 1. The molecular weight excluding hydrogens is 434 g/mol. The quantitative estimate of drug-likeness (QED) is 0.249. The number of para-hydroxylation sites is 3. The Morgan fingerprint density at radius 2 is 1.74 bits per heavy atom. The zero-order chi connectivity index (χ0) is 24.5. The van der Waals surface area contributed by atoms with E-state index in [9.17, 15) is 4.79 Å². The summed E-state index contributed by atoms with van der Waals surface area (Å²) in [5, 5.41) is 3.04. The summed E-state index contributed by atoms with van der Waals surface area (Å²) in [6, 6.07) is 24.2. The number of carbonyl (C=O) groups excluding carboxylic acids is 1. The summed E-state index contributed by atoms with van der Waals surface area (Å²) in [6.07, 6.45) is 4.91. The maximum Gasteiger partial charge on any atom is 0.251 e. The van der Waals surface area contributed by atoms with Gasteiger partial charge in [0, 0.05) is 25.1 Å². The van der Waals surface area contributed by atoms with Crippen molar-refractivity contribution in [1.29, 1.82) is 0 Å². The molecule has 0 unspecified atom stereocenters. The predicted molar refractivity (Wildman–Crippen MR) is 142 cm³/mol. The van der Waals surface area contributed by atoms with Gasteiger partial charge in [0.15, 0.2) is 0 Å². The number of imidazole rings is 1. The number of benzene rings is 3. The van der Waals surface area contributed by atoms with Crippen LogP contribution in [0.2, 0.25) is 0 Å². The number of unbranched alkanes of at least 4 members (excludes halogenated alkanes) is 2. The first kappa shape index (κ1) is 24.5. The molecule has 1 N–H and O–H groups in total. The molecular formula is C30H35N3O2. The number of nitrogens with one attached hydrogen (secondary N) is 1. The zero-order valence-electron chi connectivity index (χ0n) is 20.8. The Bertz CT molecular complexity index is 1260. The van der Waals surface area contributed by atoms with Crippen LogP contribution in [0.15, 0.2) is 72.8 Å². The minimum Gasteiger partial charge on any atom is -0.493 e. The van der Waals surface area contributed by atoms with Crippen LogP contribution in [-0.2, 0) is 13.0 Å². The molecule has 0 aliphatic heterocycles. The number of fused-ring (bicyclic) bond motifs is 1. The van der Waals surface area contributed by atoms with E-state index >= 15 is 0 Å². The van der Waals surface area contributed by atoms with E-state index in [2.05, 4.69) is 41.1 Å². The number of hydrogen-bond donors (Lipinski definition) is 1. The zero-order valence-corrected chi connectivity index (χ0v) is 20.8. The molecule has 4 rings (SSSR count).